The third kappa shape index (κ3) is 5.46. The zero-order chi connectivity index (χ0) is 21.7. The van der Waals surface area contributed by atoms with Gasteiger partial charge in [-0.1, -0.05) is 35.5 Å². The molecule has 1 aliphatic rings. The summed E-state index contributed by atoms with van der Waals surface area (Å²) in [6.07, 6.45) is -0.0678. The molecule has 0 saturated heterocycles. The van der Waals surface area contributed by atoms with Crippen molar-refractivity contribution in [2.75, 3.05) is 11.9 Å². The van der Waals surface area contributed by atoms with Crippen molar-refractivity contribution in [1.29, 1.82) is 0 Å². The van der Waals surface area contributed by atoms with Crippen molar-refractivity contribution in [1.82, 2.24) is 0 Å². The van der Waals surface area contributed by atoms with Gasteiger partial charge < -0.3 is 15.8 Å². The molecule has 30 heavy (non-hydrogen) atoms. The number of hydrogen-bond acceptors (Lipinski definition) is 7. The van der Waals surface area contributed by atoms with Gasteiger partial charge >= 0.3 is 5.97 Å². The molecule has 0 spiro atoms. The van der Waals surface area contributed by atoms with E-state index in [1.54, 1.807) is 24.3 Å². The molecule has 1 aliphatic heterocycles. The number of carbonyl (C=O) groups is 4. The molecule has 2 aromatic rings. The average Bonchev–Trinajstić information content (AvgIpc) is 3.03. The number of rotatable bonds is 7. The number of ketones is 1. The second-order valence-electron chi connectivity index (χ2n) is 6.20. The number of Topliss-reactive ketones (excluding diaryl/α,β-unsaturated/α-hetero) is 1. The molecule has 2 amide bonds. The summed E-state index contributed by atoms with van der Waals surface area (Å²) in [7, 11) is 0. The highest BCUT2D eigenvalue weighted by Crippen LogP contribution is 2.23. The lowest BCUT2D eigenvalue weighted by Crippen LogP contribution is -2.21. The minimum Gasteiger partial charge on any atom is -0.454 e. The molecule has 1 atom stereocenters. The van der Waals surface area contributed by atoms with E-state index in [0.29, 0.717) is 5.69 Å². The summed E-state index contributed by atoms with van der Waals surface area (Å²) < 4.78 is 5.03. The predicted octanol–water partition coefficient (Wildman–Crippen LogP) is 2.67. The summed E-state index contributed by atoms with van der Waals surface area (Å²) in [6, 6.07) is 12.4. The average molecular weight is 446 g/mol. The lowest BCUT2D eigenvalue weighted by molar-refractivity contribution is -0.121. The summed E-state index contributed by atoms with van der Waals surface area (Å²) >= 11 is 7.00. The molecule has 0 saturated carbocycles. The molecule has 0 bridgehead atoms. The van der Waals surface area contributed by atoms with Gasteiger partial charge in [-0.25, -0.2) is 4.79 Å². The predicted molar refractivity (Wildman–Crippen MR) is 114 cm³/mol. The molecule has 0 radical (unpaired) electrons. The van der Waals surface area contributed by atoms with Crippen molar-refractivity contribution in [3.05, 3.63) is 64.7 Å². The van der Waals surface area contributed by atoms with Gasteiger partial charge in [0.2, 0.25) is 11.7 Å². The summed E-state index contributed by atoms with van der Waals surface area (Å²) in [4.78, 5) is 51.4. The number of halogens is 1. The number of thioether (sulfide) groups is 1. The van der Waals surface area contributed by atoms with Crippen LogP contribution in [-0.2, 0) is 14.3 Å². The molecular formula is C20H16ClN3O5S. The van der Waals surface area contributed by atoms with Gasteiger partial charge in [-0.05, 0) is 36.4 Å². The standard InChI is InChI=1S/C20H16ClN3O5S/c21-14-4-2-1-3-13(14)15(25)10-29-19(28)11-5-7-12(8-6-11)23-17(26)9-16-18(27)24-20(22)30-16/h1-8,16H,9-10H2,(H,23,26)(H2,22,24,27)/t16-/m1/s1. The molecule has 8 nitrogen and oxygen atoms in total. The topological polar surface area (TPSA) is 128 Å². The van der Waals surface area contributed by atoms with Crippen LogP contribution in [0.5, 0.6) is 0 Å². The monoisotopic (exact) mass is 445 g/mol. The lowest BCUT2D eigenvalue weighted by atomic mass is 10.1. The highest BCUT2D eigenvalue weighted by Gasteiger charge is 2.29. The SMILES string of the molecule is NC1=NC(=O)[C@@H](CC(=O)Nc2ccc(C(=O)OCC(=O)c3ccccc3Cl)cc2)S1. The summed E-state index contributed by atoms with van der Waals surface area (Å²) in [5, 5.41) is 2.43. The van der Waals surface area contributed by atoms with E-state index < -0.39 is 29.5 Å². The fraction of sp³-hybridized carbons (Fsp3) is 0.150. The highest BCUT2D eigenvalue weighted by atomic mass is 35.5. The van der Waals surface area contributed by atoms with E-state index in [1.165, 1.54) is 24.3 Å². The van der Waals surface area contributed by atoms with Gasteiger partial charge in [0.1, 0.15) is 5.25 Å². The number of nitrogens with one attached hydrogen (secondary N) is 1. The minimum atomic E-state index is -0.686. The number of amidine groups is 1. The molecule has 0 fully saturated rings. The van der Waals surface area contributed by atoms with Crippen LogP contribution in [0.2, 0.25) is 5.02 Å². The number of nitrogens with zero attached hydrogens (tertiary/aromatic N) is 1. The van der Waals surface area contributed by atoms with Crippen molar-refractivity contribution in [3.8, 4) is 0 Å². The first kappa shape index (κ1) is 21.5. The van der Waals surface area contributed by atoms with E-state index in [-0.39, 0.29) is 33.6 Å². The Morgan fingerprint density at radius 1 is 1.13 bits per heavy atom. The van der Waals surface area contributed by atoms with E-state index in [9.17, 15) is 19.2 Å². The normalized spacial score (nSPS) is 15.4. The Morgan fingerprint density at radius 3 is 2.47 bits per heavy atom. The number of nitrogens with two attached hydrogens (primary N) is 1. The van der Waals surface area contributed by atoms with Crippen molar-refractivity contribution >= 4 is 57.8 Å². The number of esters is 1. The molecule has 3 N–H and O–H groups in total. The Balaban J connectivity index is 1.50. The Labute approximate surface area is 180 Å². The fourth-order valence-corrected chi connectivity index (χ4v) is 3.65. The first-order valence-electron chi connectivity index (χ1n) is 8.73. The fourth-order valence-electron chi connectivity index (χ4n) is 2.58. The Bertz CT molecular complexity index is 1040. The molecular weight excluding hydrogens is 430 g/mol. The third-order valence-corrected chi connectivity index (χ3v) is 5.36. The first-order valence-corrected chi connectivity index (χ1v) is 9.98. The number of hydrogen-bond donors (Lipinski definition) is 2. The van der Waals surface area contributed by atoms with Gasteiger partial charge in [0.25, 0.3) is 5.91 Å². The number of carbonyl (C=O) groups excluding carboxylic acids is 4. The second-order valence-corrected chi connectivity index (χ2v) is 7.83. The Kier molecular flexibility index (Phi) is 6.86. The third-order valence-electron chi connectivity index (χ3n) is 4.04. The lowest BCUT2D eigenvalue weighted by Gasteiger charge is -2.09. The van der Waals surface area contributed by atoms with Crippen molar-refractivity contribution in [2.45, 2.75) is 11.7 Å². The van der Waals surface area contributed by atoms with Gasteiger partial charge in [-0.3, -0.25) is 14.4 Å². The van der Waals surface area contributed by atoms with E-state index in [2.05, 4.69) is 10.3 Å². The van der Waals surface area contributed by atoms with Crippen molar-refractivity contribution < 1.29 is 23.9 Å². The Hall–Kier alpha value is -3.17. The maximum absolute atomic E-state index is 12.1. The van der Waals surface area contributed by atoms with Gasteiger partial charge in [-0.2, -0.15) is 4.99 Å². The summed E-state index contributed by atoms with van der Waals surface area (Å²) in [5.41, 5.74) is 6.38. The van der Waals surface area contributed by atoms with Crippen LogP contribution in [0.1, 0.15) is 27.1 Å². The molecule has 0 aliphatic carbocycles. The minimum absolute atomic E-state index is 0.0678. The van der Waals surface area contributed by atoms with Crippen LogP contribution in [0, 0.1) is 0 Å². The zero-order valence-electron chi connectivity index (χ0n) is 15.5. The number of ether oxygens (including phenoxy) is 1. The van der Waals surface area contributed by atoms with Crippen LogP contribution in [0.25, 0.3) is 0 Å². The van der Waals surface area contributed by atoms with Crippen LogP contribution in [-0.4, -0.2) is 40.6 Å². The molecule has 0 aromatic heterocycles. The molecule has 3 rings (SSSR count). The number of anilines is 1. The van der Waals surface area contributed by atoms with Gasteiger partial charge in [0, 0.05) is 17.7 Å². The summed E-state index contributed by atoms with van der Waals surface area (Å²) in [6.45, 7) is -0.445. The first-order chi connectivity index (χ1) is 14.3. The van der Waals surface area contributed by atoms with E-state index in [4.69, 9.17) is 22.1 Å². The van der Waals surface area contributed by atoms with Gasteiger partial charge in [-0.15, -0.1) is 0 Å². The number of amides is 2. The highest BCUT2D eigenvalue weighted by molar-refractivity contribution is 8.15. The second kappa shape index (κ2) is 9.55. The van der Waals surface area contributed by atoms with Crippen LogP contribution < -0.4 is 11.1 Å². The van der Waals surface area contributed by atoms with Gasteiger partial charge in [0.05, 0.1) is 10.6 Å². The van der Waals surface area contributed by atoms with Crippen LogP contribution in [0.3, 0.4) is 0 Å². The van der Waals surface area contributed by atoms with Crippen LogP contribution in [0.15, 0.2) is 53.5 Å². The maximum atomic E-state index is 12.1. The zero-order valence-corrected chi connectivity index (χ0v) is 17.0. The van der Waals surface area contributed by atoms with Gasteiger partial charge in [0.15, 0.2) is 11.8 Å². The molecule has 10 heteroatoms. The molecule has 0 unspecified atom stereocenters. The summed E-state index contributed by atoms with van der Waals surface area (Å²) in [5.74, 6) is -1.92. The van der Waals surface area contributed by atoms with E-state index in [0.717, 1.165) is 11.8 Å². The van der Waals surface area contributed by atoms with Crippen LogP contribution in [0.4, 0.5) is 5.69 Å². The maximum Gasteiger partial charge on any atom is 0.338 e. The van der Waals surface area contributed by atoms with E-state index >= 15 is 0 Å². The Morgan fingerprint density at radius 2 is 1.83 bits per heavy atom. The molecule has 1 heterocycles. The smallest absolute Gasteiger partial charge is 0.338 e. The van der Waals surface area contributed by atoms with E-state index in [1.807, 2.05) is 0 Å². The quantitative estimate of drug-likeness (QED) is 0.495. The largest absolute Gasteiger partial charge is 0.454 e. The number of aliphatic imine (C=N–C) groups is 1. The van der Waals surface area contributed by atoms with Crippen molar-refractivity contribution in [2.24, 2.45) is 10.7 Å². The molecule has 154 valence electrons. The van der Waals surface area contributed by atoms with Crippen molar-refractivity contribution in [3.63, 3.8) is 0 Å². The molecule has 2 aromatic carbocycles. The number of benzene rings is 2. The van der Waals surface area contributed by atoms with Crippen LogP contribution >= 0.6 is 23.4 Å².